The fourth-order valence-corrected chi connectivity index (χ4v) is 4.06. The Bertz CT molecular complexity index is 908. The van der Waals surface area contributed by atoms with Crippen LogP contribution in [0.4, 0.5) is 0 Å². The number of imidazole rings is 1. The highest BCUT2D eigenvalue weighted by molar-refractivity contribution is 6.35. The van der Waals surface area contributed by atoms with E-state index in [0.29, 0.717) is 26.6 Å². The summed E-state index contributed by atoms with van der Waals surface area (Å²) < 4.78 is 0. The highest BCUT2D eigenvalue weighted by atomic mass is 35.5. The zero-order valence-electron chi connectivity index (χ0n) is 13.5. The van der Waals surface area contributed by atoms with Crippen LogP contribution in [0.25, 0.3) is 11.2 Å². The Labute approximate surface area is 161 Å². The molecule has 3 aromatic rings. The third kappa shape index (κ3) is 3.63. The van der Waals surface area contributed by atoms with Crippen molar-refractivity contribution in [3.05, 3.63) is 56.9 Å². The van der Waals surface area contributed by atoms with E-state index in [-0.39, 0.29) is 0 Å². The first kappa shape index (κ1) is 17.1. The molecule has 25 heavy (non-hydrogen) atoms. The minimum atomic E-state index is 0.338. The van der Waals surface area contributed by atoms with E-state index in [4.69, 9.17) is 34.8 Å². The Hall–Kier alpha value is -1.33. The molecule has 1 aliphatic heterocycles. The van der Waals surface area contributed by atoms with Gasteiger partial charge in [-0.1, -0.05) is 40.9 Å². The average molecular weight is 396 g/mol. The summed E-state index contributed by atoms with van der Waals surface area (Å²) in [6.07, 6.45) is 3.90. The van der Waals surface area contributed by atoms with Crippen molar-refractivity contribution >= 4 is 46.0 Å². The van der Waals surface area contributed by atoms with Crippen LogP contribution in [0.15, 0.2) is 30.5 Å². The van der Waals surface area contributed by atoms with Gasteiger partial charge in [-0.25, -0.2) is 9.97 Å². The summed E-state index contributed by atoms with van der Waals surface area (Å²) >= 11 is 18.5. The Morgan fingerprint density at radius 1 is 1.16 bits per heavy atom. The number of aromatic nitrogens is 3. The zero-order chi connectivity index (χ0) is 17.4. The van der Waals surface area contributed by atoms with Crippen LogP contribution < -0.4 is 0 Å². The third-order valence-corrected chi connectivity index (χ3v) is 5.56. The molecule has 130 valence electrons. The summed E-state index contributed by atoms with van der Waals surface area (Å²) in [6.45, 7) is 2.79. The molecule has 0 unspecified atom stereocenters. The summed E-state index contributed by atoms with van der Waals surface area (Å²) in [6, 6.07) is 7.46. The predicted molar refractivity (Wildman–Crippen MR) is 103 cm³/mol. The smallest absolute Gasteiger partial charge is 0.179 e. The summed E-state index contributed by atoms with van der Waals surface area (Å²) in [5, 5.41) is 2.04. The largest absolute Gasteiger partial charge is 0.339 e. The lowest BCUT2D eigenvalue weighted by atomic mass is 9.97. The lowest BCUT2D eigenvalue weighted by Crippen LogP contribution is -2.34. The second-order valence-corrected chi connectivity index (χ2v) is 7.67. The van der Waals surface area contributed by atoms with Gasteiger partial charge in [-0.3, -0.25) is 4.90 Å². The van der Waals surface area contributed by atoms with Gasteiger partial charge in [0, 0.05) is 35.2 Å². The standard InChI is InChI=1S/C18H17Cl3N4/c19-13-4-3-11(15(21)8-13)9-25-7-1-2-12(10-25)17-23-16-14(20)5-6-22-18(16)24-17/h3-6,8,12H,1-2,7,9-10H2,(H,22,23,24)/t12-/m0/s1. The molecule has 0 aliphatic carbocycles. The molecular formula is C18H17Cl3N4. The molecule has 4 nitrogen and oxygen atoms in total. The van der Waals surface area contributed by atoms with Crippen molar-refractivity contribution in [2.45, 2.75) is 25.3 Å². The Balaban J connectivity index is 1.53. The molecule has 0 radical (unpaired) electrons. The first-order valence-corrected chi connectivity index (χ1v) is 9.40. The van der Waals surface area contributed by atoms with Gasteiger partial charge in [-0.15, -0.1) is 0 Å². The minimum absolute atomic E-state index is 0.338. The van der Waals surface area contributed by atoms with Gasteiger partial charge in [0.1, 0.15) is 11.3 Å². The lowest BCUT2D eigenvalue weighted by molar-refractivity contribution is 0.197. The van der Waals surface area contributed by atoms with Crippen LogP contribution >= 0.6 is 34.8 Å². The SMILES string of the molecule is Clc1ccc(CN2CCC[C@H](c3nc4nccc(Cl)c4[nH]3)C2)c(Cl)c1. The van der Waals surface area contributed by atoms with Gasteiger partial charge in [-0.05, 0) is 43.1 Å². The molecular weight excluding hydrogens is 379 g/mol. The number of H-pyrrole nitrogens is 1. The van der Waals surface area contributed by atoms with Crippen LogP contribution in [-0.2, 0) is 6.54 Å². The van der Waals surface area contributed by atoms with Gasteiger partial charge in [0.25, 0.3) is 0 Å². The van der Waals surface area contributed by atoms with Crippen LogP contribution in [0.1, 0.15) is 30.1 Å². The van der Waals surface area contributed by atoms with E-state index in [0.717, 1.165) is 49.4 Å². The number of pyridine rings is 1. The fourth-order valence-electron chi connectivity index (χ4n) is 3.40. The molecule has 4 rings (SSSR count). The molecule has 0 spiro atoms. The quantitative estimate of drug-likeness (QED) is 0.654. The molecule has 1 aromatic carbocycles. The fraction of sp³-hybridized carbons (Fsp3) is 0.333. The van der Waals surface area contributed by atoms with Gasteiger partial charge in [-0.2, -0.15) is 0 Å². The molecule has 3 heterocycles. The highest BCUT2D eigenvalue weighted by Gasteiger charge is 2.25. The molecule has 0 bridgehead atoms. The van der Waals surface area contributed by atoms with Crippen molar-refractivity contribution in [1.29, 1.82) is 0 Å². The normalized spacial score (nSPS) is 18.8. The van der Waals surface area contributed by atoms with Crippen LogP contribution in [0.2, 0.25) is 15.1 Å². The monoisotopic (exact) mass is 394 g/mol. The van der Waals surface area contributed by atoms with Crippen molar-refractivity contribution in [3.63, 3.8) is 0 Å². The number of likely N-dealkylation sites (tertiary alicyclic amines) is 1. The predicted octanol–water partition coefficient (Wildman–Crippen LogP) is 5.30. The maximum atomic E-state index is 6.32. The molecule has 0 saturated carbocycles. The van der Waals surface area contributed by atoms with Gasteiger partial charge in [0.05, 0.1) is 5.02 Å². The number of hydrogen-bond acceptors (Lipinski definition) is 3. The molecule has 1 saturated heterocycles. The number of rotatable bonds is 3. The van der Waals surface area contributed by atoms with Gasteiger partial charge in [0.15, 0.2) is 5.65 Å². The van der Waals surface area contributed by atoms with Gasteiger partial charge < -0.3 is 4.98 Å². The number of nitrogens with zero attached hydrogens (tertiary/aromatic N) is 3. The number of piperidine rings is 1. The minimum Gasteiger partial charge on any atom is -0.339 e. The second kappa shape index (κ2) is 7.12. The molecule has 1 atom stereocenters. The maximum Gasteiger partial charge on any atom is 0.179 e. The molecule has 1 fully saturated rings. The van der Waals surface area contributed by atoms with Crippen LogP contribution in [0.5, 0.6) is 0 Å². The first-order valence-electron chi connectivity index (χ1n) is 8.26. The topological polar surface area (TPSA) is 44.8 Å². The van der Waals surface area contributed by atoms with Gasteiger partial charge >= 0.3 is 0 Å². The number of hydrogen-bond donors (Lipinski definition) is 1. The van der Waals surface area contributed by atoms with Crippen molar-refractivity contribution < 1.29 is 0 Å². The number of fused-ring (bicyclic) bond motifs is 1. The van der Waals surface area contributed by atoms with E-state index < -0.39 is 0 Å². The van der Waals surface area contributed by atoms with E-state index in [1.54, 1.807) is 18.3 Å². The van der Waals surface area contributed by atoms with Crippen LogP contribution in [0, 0.1) is 0 Å². The van der Waals surface area contributed by atoms with Crippen molar-refractivity contribution in [3.8, 4) is 0 Å². The van der Waals surface area contributed by atoms with E-state index in [9.17, 15) is 0 Å². The Morgan fingerprint density at radius 2 is 2.04 bits per heavy atom. The molecule has 1 N–H and O–H groups in total. The van der Waals surface area contributed by atoms with E-state index in [1.165, 1.54) is 0 Å². The first-order chi connectivity index (χ1) is 12.1. The molecule has 2 aromatic heterocycles. The average Bonchev–Trinajstić information content (AvgIpc) is 3.04. The van der Waals surface area contributed by atoms with E-state index in [1.807, 2.05) is 12.1 Å². The van der Waals surface area contributed by atoms with Crippen molar-refractivity contribution in [1.82, 2.24) is 19.9 Å². The summed E-state index contributed by atoms with van der Waals surface area (Å²) in [4.78, 5) is 14.7. The number of aromatic amines is 1. The summed E-state index contributed by atoms with van der Waals surface area (Å²) in [5.41, 5.74) is 2.60. The van der Waals surface area contributed by atoms with Crippen LogP contribution in [0.3, 0.4) is 0 Å². The van der Waals surface area contributed by atoms with Crippen LogP contribution in [-0.4, -0.2) is 32.9 Å². The third-order valence-electron chi connectivity index (χ3n) is 4.66. The van der Waals surface area contributed by atoms with E-state index >= 15 is 0 Å². The second-order valence-electron chi connectivity index (χ2n) is 6.42. The summed E-state index contributed by atoms with van der Waals surface area (Å²) in [5.74, 6) is 1.30. The lowest BCUT2D eigenvalue weighted by Gasteiger charge is -2.32. The zero-order valence-corrected chi connectivity index (χ0v) is 15.7. The molecule has 7 heteroatoms. The Kier molecular flexibility index (Phi) is 4.87. The number of halogens is 3. The number of benzene rings is 1. The van der Waals surface area contributed by atoms with Crippen molar-refractivity contribution in [2.24, 2.45) is 0 Å². The maximum absolute atomic E-state index is 6.32. The van der Waals surface area contributed by atoms with Gasteiger partial charge in [0.2, 0.25) is 0 Å². The Morgan fingerprint density at radius 3 is 2.84 bits per heavy atom. The molecule has 0 amide bonds. The molecule has 1 aliphatic rings. The highest BCUT2D eigenvalue weighted by Crippen LogP contribution is 2.30. The van der Waals surface area contributed by atoms with Crippen molar-refractivity contribution in [2.75, 3.05) is 13.1 Å². The summed E-state index contributed by atoms with van der Waals surface area (Å²) in [7, 11) is 0. The number of nitrogens with one attached hydrogen (secondary N) is 1. The van der Waals surface area contributed by atoms with E-state index in [2.05, 4.69) is 19.9 Å².